The normalized spacial score (nSPS) is 16.0. The molecule has 24 heavy (non-hydrogen) atoms. The van der Waals surface area contributed by atoms with E-state index < -0.39 is 10.8 Å². The quantitative estimate of drug-likeness (QED) is 0.390. The van der Waals surface area contributed by atoms with Gasteiger partial charge < -0.3 is 5.11 Å². The molecule has 1 heterocycles. The number of aromatic hydroxyl groups is 1. The number of hydrogen-bond acceptors (Lipinski definition) is 6. The van der Waals surface area contributed by atoms with E-state index in [1.165, 1.54) is 30.3 Å². The second-order valence-electron chi connectivity index (χ2n) is 4.82. The van der Waals surface area contributed by atoms with E-state index in [-0.39, 0.29) is 21.4 Å². The zero-order valence-electron chi connectivity index (χ0n) is 12.1. The summed E-state index contributed by atoms with van der Waals surface area (Å²) in [5.41, 5.74) is 0.406. The number of amides is 1. The second-order valence-corrected chi connectivity index (χ2v) is 6.50. The van der Waals surface area contributed by atoms with Gasteiger partial charge in [0.2, 0.25) is 0 Å². The Bertz CT molecular complexity index is 895. The van der Waals surface area contributed by atoms with Crippen LogP contribution in [0.15, 0.2) is 53.4 Å². The molecule has 0 atom stereocenters. The minimum absolute atomic E-state index is 0.0356. The van der Waals surface area contributed by atoms with Crippen molar-refractivity contribution >= 4 is 51.7 Å². The van der Waals surface area contributed by atoms with Gasteiger partial charge in [0.25, 0.3) is 11.6 Å². The van der Waals surface area contributed by atoms with Crippen LogP contribution in [0.4, 0.5) is 11.4 Å². The van der Waals surface area contributed by atoms with E-state index >= 15 is 0 Å². The molecule has 0 saturated carbocycles. The van der Waals surface area contributed by atoms with Gasteiger partial charge in [-0.1, -0.05) is 54.3 Å². The Labute approximate surface area is 146 Å². The van der Waals surface area contributed by atoms with Crippen LogP contribution in [0.25, 0.3) is 6.08 Å². The largest absolute Gasteiger partial charge is 0.507 e. The maximum Gasteiger partial charge on any atom is 0.293 e. The fraction of sp³-hybridized carbons (Fsp3) is 0. The van der Waals surface area contributed by atoms with Gasteiger partial charge >= 0.3 is 0 Å². The van der Waals surface area contributed by atoms with Crippen LogP contribution in [0.1, 0.15) is 5.56 Å². The third-order valence-corrected chi connectivity index (χ3v) is 4.64. The van der Waals surface area contributed by atoms with E-state index in [1.54, 1.807) is 24.3 Å². The number of benzene rings is 2. The smallest absolute Gasteiger partial charge is 0.293 e. The van der Waals surface area contributed by atoms with E-state index in [0.29, 0.717) is 10.5 Å². The van der Waals surface area contributed by atoms with Gasteiger partial charge in [-0.3, -0.25) is 19.8 Å². The summed E-state index contributed by atoms with van der Waals surface area (Å²) in [6.07, 6.45) is 1.52. The molecule has 0 unspecified atom stereocenters. The Hall–Kier alpha value is -2.71. The van der Waals surface area contributed by atoms with Crippen molar-refractivity contribution in [2.45, 2.75) is 0 Å². The van der Waals surface area contributed by atoms with Crippen LogP contribution >= 0.6 is 24.0 Å². The van der Waals surface area contributed by atoms with Crippen molar-refractivity contribution in [2.75, 3.05) is 4.90 Å². The topological polar surface area (TPSA) is 83.7 Å². The maximum absolute atomic E-state index is 12.7. The molecule has 120 valence electrons. The summed E-state index contributed by atoms with van der Waals surface area (Å²) < 4.78 is 0.205. The zero-order chi connectivity index (χ0) is 17.3. The van der Waals surface area contributed by atoms with E-state index in [9.17, 15) is 20.0 Å². The third-order valence-electron chi connectivity index (χ3n) is 3.34. The summed E-state index contributed by atoms with van der Waals surface area (Å²) in [4.78, 5) is 24.7. The minimum Gasteiger partial charge on any atom is -0.507 e. The lowest BCUT2D eigenvalue weighted by atomic mass is 10.2. The molecule has 0 spiro atoms. The molecule has 0 radical (unpaired) electrons. The summed E-state index contributed by atoms with van der Waals surface area (Å²) >= 11 is 6.25. The minimum atomic E-state index is -0.555. The van der Waals surface area contributed by atoms with Crippen LogP contribution in [0.2, 0.25) is 0 Å². The number of anilines is 1. The average molecular weight is 358 g/mol. The first-order chi connectivity index (χ1) is 11.5. The Kier molecular flexibility index (Phi) is 4.32. The Morgan fingerprint density at radius 1 is 1.17 bits per heavy atom. The lowest BCUT2D eigenvalue weighted by Crippen LogP contribution is -2.28. The predicted octanol–water partition coefficient (Wildman–Crippen LogP) is 3.71. The number of carbonyl (C=O) groups excluding carboxylic acids is 1. The van der Waals surface area contributed by atoms with Gasteiger partial charge in [-0.25, -0.2) is 0 Å². The van der Waals surface area contributed by atoms with Gasteiger partial charge in [-0.15, -0.1) is 0 Å². The fourth-order valence-corrected chi connectivity index (χ4v) is 3.51. The molecule has 1 N–H and O–H groups in total. The lowest BCUT2D eigenvalue weighted by Gasteiger charge is -2.14. The molecule has 1 saturated heterocycles. The molecule has 8 heteroatoms. The Balaban J connectivity index is 2.02. The van der Waals surface area contributed by atoms with Crippen LogP contribution in [-0.4, -0.2) is 20.3 Å². The zero-order valence-corrected chi connectivity index (χ0v) is 13.7. The molecule has 0 bridgehead atoms. The van der Waals surface area contributed by atoms with Gasteiger partial charge in [-0.2, -0.15) is 0 Å². The average Bonchev–Trinajstić information content (AvgIpc) is 2.83. The highest BCUT2D eigenvalue weighted by Gasteiger charge is 2.36. The summed E-state index contributed by atoms with van der Waals surface area (Å²) in [5, 5.41) is 21.0. The highest BCUT2D eigenvalue weighted by Crippen LogP contribution is 2.40. The third kappa shape index (κ3) is 2.89. The second kappa shape index (κ2) is 6.42. The van der Waals surface area contributed by atoms with Crippen LogP contribution in [0.3, 0.4) is 0 Å². The first-order valence-corrected chi connectivity index (χ1v) is 8.01. The number of thiocarbonyl (C=S) groups is 1. The molecular weight excluding hydrogens is 348 g/mol. The summed E-state index contributed by atoms with van der Waals surface area (Å²) in [6, 6.07) is 12.5. The molecule has 1 aliphatic rings. The number of phenols is 1. The number of para-hydroxylation sites is 3. The van der Waals surface area contributed by atoms with Gasteiger partial charge in [0.15, 0.2) is 4.32 Å². The molecule has 0 aromatic heterocycles. The Morgan fingerprint density at radius 3 is 2.54 bits per heavy atom. The van der Waals surface area contributed by atoms with Gasteiger partial charge in [0, 0.05) is 11.6 Å². The van der Waals surface area contributed by atoms with Crippen molar-refractivity contribution in [1.82, 2.24) is 0 Å². The van der Waals surface area contributed by atoms with Crippen molar-refractivity contribution in [3.63, 3.8) is 0 Å². The molecule has 0 aliphatic carbocycles. The van der Waals surface area contributed by atoms with E-state index in [1.807, 2.05) is 0 Å². The monoisotopic (exact) mass is 358 g/mol. The van der Waals surface area contributed by atoms with Crippen molar-refractivity contribution in [3.05, 3.63) is 69.1 Å². The molecule has 1 amide bonds. The lowest BCUT2D eigenvalue weighted by molar-refractivity contribution is -0.384. The standard InChI is InChI=1S/C16H10N2O4S2/c19-13-8-4-1-5-10(13)9-14-15(20)17(16(23)24-14)11-6-2-3-7-12(11)18(21)22/h1-9,19H/b14-9-. The molecule has 2 aromatic rings. The fourth-order valence-electron chi connectivity index (χ4n) is 2.23. The van der Waals surface area contributed by atoms with Crippen LogP contribution in [-0.2, 0) is 4.79 Å². The number of nitrogens with zero attached hydrogens (tertiary/aromatic N) is 2. The molecule has 6 nitrogen and oxygen atoms in total. The summed E-state index contributed by atoms with van der Waals surface area (Å²) in [6.45, 7) is 0. The van der Waals surface area contributed by atoms with Crippen LogP contribution in [0, 0.1) is 10.1 Å². The number of nitro groups is 1. The number of thioether (sulfide) groups is 1. The van der Waals surface area contributed by atoms with E-state index in [0.717, 1.165) is 16.7 Å². The van der Waals surface area contributed by atoms with Gasteiger partial charge in [0.1, 0.15) is 11.4 Å². The SMILES string of the molecule is O=C1/C(=C/c2ccccc2O)SC(=S)N1c1ccccc1[N+](=O)[O-]. The van der Waals surface area contributed by atoms with Crippen LogP contribution < -0.4 is 4.90 Å². The molecule has 1 aliphatic heterocycles. The molecule has 1 fully saturated rings. The number of rotatable bonds is 3. The Morgan fingerprint density at radius 2 is 1.83 bits per heavy atom. The van der Waals surface area contributed by atoms with Crippen molar-refractivity contribution in [3.8, 4) is 5.75 Å². The first-order valence-electron chi connectivity index (χ1n) is 6.78. The highest BCUT2D eigenvalue weighted by atomic mass is 32.2. The van der Waals surface area contributed by atoms with Gasteiger partial charge in [0.05, 0.1) is 9.83 Å². The molecule has 3 rings (SSSR count). The van der Waals surface area contributed by atoms with E-state index in [4.69, 9.17) is 12.2 Å². The maximum atomic E-state index is 12.7. The van der Waals surface area contributed by atoms with E-state index in [2.05, 4.69) is 0 Å². The summed E-state index contributed by atoms with van der Waals surface area (Å²) in [5.74, 6) is -0.420. The highest BCUT2D eigenvalue weighted by molar-refractivity contribution is 8.27. The number of hydrogen-bond donors (Lipinski definition) is 1. The molecule has 2 aromatic carbocycles. The summed E-state index contributed by atoms with van der Waals surface area (Å²) in [7, 11) is 0. The van der Waals surface area contributed by atoms with Crippen molar-refractivity contribution in [1.29, 1.82) is 0 Å². The van der Waals surface area contributed by atoms with Gasteiger partial charge in [-0.05, 0) is 18.2 Å². The number of carbonyl (C=O) groups is 1. The molecular formula is C16H10N2O4S2. The first kappa shape index (κ1) is 16.2. The number of phenolic OH excluding ortho intramolecular Hbond substituents is 1. The van der Waals surface area contributed by atoms with Crippen molar-refractivity contribution < 1.29 is 14.8 Å². The predicted molar refractivity (Wildman–Crippen MR) is 96.9 cm³/mol. The van der Waals surface area contributed by atoms with Crippen molar-refractivity contribution in [2.24, 2.45) is 0 Å². The number of nitro benzene ring substituents is 1. The van der Waals surface area contributed by atoms with Crippen LogP contribution in [0.5, 0.6) is 5.75 Å².